The molecule has 7 heteroatoms. The minimum Gasteiger partial charge on any atom is -0.377 e. The third-order valence-electron chi connectivity index (χ3n) is 5.31. The Morgan fingerprint density at radius 3 is 2.50 bits per heavy atom. The average molecular weight is 380 g/mol. The number of nitrogens with zero attached hydrogens (tertiary/aromatic N) is 3. The van der Waals surface area contributed by atoms with Gasteiger partial charge in [0, 0.05) is 49.5 Å². The van der Waals surface area contributed by atoms with Gasteiger partial charge in [-0.2, -0.15) is 0 Å². The second kappa shape index (κ2) is 7.50. The number of nitro groups is 1. The SMILES string of the molecule is Cc1cccc(C(=O)N2CCN(c3ccc([N+](=O)[O-])c(NC4CC4)c3)CC2)c1. The molecule has 7 nitrogen and oxygen atoms in total. The Kier molecular flexibility index (Phi) is 4.90. The van der Waals surface area contributed by atoms with Crippen LogP contribution in [-0.4, -0.2) is 48.0 Å². The van der Waals surface area contributed by atoms with E-state index in [1.165, 1.54) is 0 Å². The molecule has 0 radical (unpaired) electrons. The third kappa shape index (κ3) is 3.93. The fraction of sp³-hybridized carbons (Fsp3) is 0.381. The van der Waals surface area contributed by atoms with Gasteiger partial charge in [-0.3, -0.25) is 14.9 Å². The van der Waals surface area contributed by atoms with Crippen LogP contribution in [0.4, 0.5) is 17.1 Å². The lowest BCUT2D eigenvalue weighted by atomic mass is 10.1. The second-order valence-corrected chi connectivity index (χ2v) is 7.53. The lowest BCUT2D eigenvalue weighted by molar-refractivity contribution is -0.384. The molecule has 0 aromatic heterocycles. The summed E-state index contributed by atoms with van der Waals surface area (Å²) in [5.41, 5.74) is 3.45. The number of anilines is 2. The Morgan fingerprint density at radius 1 is 1.11 bits per heavy atom. The molecule has 1 N–H and O–H groups in total. The lowest BCUT2D eigenvalue weighted by Gasteiger charge is -2.36. The highest BCUT2D eigenvalue weighted by Crippen LogP contribution is 2.34. The van der Waals surface area contributed by atoms with E-state index in [1.807, 2.05) is 42.2 Å². The first-order chi connectivity index (χ1) is 13.5. The van der Waals surface area contributed by atoms with Crippen LogP contribution in [0.15, 0.2) is 42.5 Å². The van der Waals surface area contributed by atoms with Crippen LogP contribution < -0.4 is 10.2 Å². The molecular weight excluding hydrogens is 356 g/mol. The summed E-state index contributed by atoms with van der Waals surface area (Å²) in [4.78, 5) is 27.7. The van der Waals surface area contributed by atoms with E-state index in [2.05, 4.69) is 10.2 Å². The van der Waals surface area contributed by atoms with E-state index < -0.39 is 0 Å². The van der Waals surface area contributed by atoms with E-state index in [1.54, 1.807) is 12.1 Å². The van der Waals surface area contributed by atoms with E-state index in [4.69, 9.17) is 0 Å². The summed E-state index contributed by atoms with van der Waals surface area (Å²) in [6, 6.07) is 13.3. The molecular formula is C21H24N4O3. The van der Waals surface area contributed by atoms with Crippen molar-refractivity contribution < 1.29 is 9.72 Å². The quantitative estimate of drug-likeness (QED) is 0.635. The smallest absolute Gasteiger partial charge is 0.292 e. The Hall–Kier alpha value is -3.09. The van der Waals surface area contributed by atoms with Gasteiger partial charge in [-0.25, -0.2) is 0 Å². The lowest BCUT2D eigenvalue weighted by Crippen LogP contribution is -2.48. The third-order valence-corrected chi connectivity index (χ3v) is 5.31. The summed E-state index contributed by atoms with van der Waals surface area (Å²) < 4.78 is 0. The molecule has 2 aliphatic rings. The molecule has 146 valence electrons. The van der Waals surface area contributed by atoms with Crippen molar-refractivity contribution in [3.05, 3.63) is 63.7 Å². The highest BCUT2D eigenvalue weighted by Gasteiger charge is 2.27. The van der Waals surface area contributed by atoms with Gasteiger partial charge in [0.05, 0.1) is 4.92 Å². The van der Waals surface area contributed by atoms with Gasteiger partial charge in [0.25, 0.3) is 11.6 Å². The fourth-order valence-electron chi connectivity index (χ4n) is 3.57. The molecule has 1 amide bonds. The predicted octanol–water partition coefficient (Wildman–Crippen LogP) is 3.44. The molecule has 4 rings (SSSR count). The van der Waals surface area contributed by atoms with Crippen LogP contribution in [0.3, 0.4) is 0 Å². The van der Waals surface area contributed by atoms with Crippen LogP contribution in [0.1, 0.15) is 28.8 Å². The number of carbonyl (C=O) groups is 1. The number of nitro benzene ring substituents is 1. The van der Waals surface area contributed by atoms with Gasteiger partial charge in [0.1, 0.15) is 5.69 Å². The summed E-state index contributed by atoms with van der Waals surface area (Å²) in [6.45, 7) is 4.66. The van der Waals surface area contributed by atoms with Crippen LogP contribution in [-0.2, 0) is 0 Å². The summed E-state index contributed by atoms with van der Waals surface area (Å²) in [7, 11) is 0. The van der Waals surface area contributed by atoms with Crippen molar-refractivity contribution in [2.24, 2.45) is 0 Å². The maximum absolute atomic E-state index is 12.7. The number of nitrogens with one attached hydrogen (secondary N) is 1. The second-order valence-electron chi connectivity index (χ2n) is 7.53. The summed E-state index contributed by atoms with van der Waals surface area (Å²) in [6.07, 6.45) is 2.11. The number of hydrogen-bond donors (Lipinski definition) is 1. The fourth-order valence-corrected chi connectivity index (χ4v) is 3.57. The van der Waals surface area contributed by atoms with Gasteiger partial charge in [-0.05, 0) is 44.0 Å². The first-order valence-corrected chi connectivity index (χ1v) is 9.67. The van der Waals surface area contributed by atoms with Gasteiger partial charge in [-0.1, -0.05) is 17.7 Å². The Labute approximate surface area is 164 Å². The highest BCUT2D eigenvalue weighted by molar-refractivity contribution is 5.94. The van der Waals surface area contributed by atoms with Crippen molar-refractivity contribution in [2.45, 2.75) is 25.8 Å². The summed E-state index contributed by atoms with van der Waals surface area (Å²) in [5, 5.41) is 14.6. The number of benzene rings is 2. The number of aryl methyl sites for hydroxylation is 1. The Morgan fingerprint density at radius 2 is 1.86 bits per heavy atom. The summed E-state index contributed by atoms with van der Waals surface area (Å²) in [5.74, 6) is 0.0585. The molecule has 0 unspecified atom stereocenters. The first kappa shape index (κ1) is 18.3. The van der Waals surface area contributed by atoms with Crippen LogP contribution in [0.5, 0.6) is 0 Å². The molecule has 28 heavy (non-hydrogen) atoms. The maximum Gasteiger partial charge on any atom is 0.292 e. The van der Waals surface area contributed by atoms with Crippen molar-refractivity contribution in [3.8, 4) is 0 Å². The minimum absolute atomic E-state index is 0.0585. The molecule has 1 saturated heterocycles. The van der Waals surface area contributed by atoms with E-state index in [9.17, 15) is 14.9 Å². The van der Waals surface area contributed by atoms with Gasteiger partial charge in [0.15, 0.2) is 0 Å². The molecule has 1 heterocycles. The van der Waals surface area contributed by atoms with Crippen LogP contribution in [0.25, 0.3) is 0 Å². The van der Waals surface area contributed by atoms with Crippen LogP contribution in [0.2, 0.25) is 0 Å². The predicted molar refractivity (Wildman–Crippen MR) is 109 cm³/mol. The van der Waals surface area contributed by atoms with E-state index in [0.717, 1.165) is 29.7 Å². The standard InChI is InChI=1S/C21H24N4O3/c1-15-3-2-4-16(13-15)21(26)24-11-9-23(10-12-24)18-7-8-20(25(27)28)19(14-18)22-17-5-6-17/h2-4,7-8,13-14,17,22H,5-6,9-12H2,1H3. The molecule has 2 fully saturated rings. The van der Waals surface area contributed by atoms with Crippen molar-refractivity contribution in [3.63, 3.8) is 0 Å². The summed E-state index contributed by atoms with van der Waals surface area (Å²) >= 11 is 0. The Bertz CT molecular complexity index is 902. The highest BCUT2D eigenvalue weighted by atomic mass is 16.6. The molecule has 2 aromatic rings. The number of amides is 1. The monoisotopic (exact) mass is 380 g/mol. The van der Waals surface area contributed by atoms with E-state index in [-0.39, 0.29) is 16.5 Å². The zero-order valence-electron chi connectivity index (χ0n) is 15.9. The van der Waals surface area contributed by atoms with E-state index >= 15 is 0 Å². The van der Waals surface area contributed by atoms with Crippen molar-refractivity contribution >= 4 is 23.0 Å². The molecule has 1 aliphatic carbocycles. The van der Waals surface area contributed by atoms with Crippen LogP contribution >= 0.6 is 0 Å². The molecule has 0 spiro atoms. The number of carbonyl (C=O) groups excluding carboxylic acids is 1. The van der Waals surface area contributed by atoms with Crippen molar-refractivity contribution in [2.75, 3.05) is 36.4 Å². The maximum atomic E-state index is 12.7. The normalized spacial score (nSPS) is 16.8. The van der Waals surface area contributed by atoms with Crippen LogP contribution in [0, 0.1) is 17.0 Å². The van der Waals surface area contributed by atoms with Gasteiger partial charge >= 0.3 is 0 Å². The van der Waals surface area contributed by atoms with Crippen molar-refractivity contribution in [1.82, 2.24) is 4.90 Å². The molecule has 2 aromatic carbocycles. The average Bonchev–Trinajstić information content (AvgIpc) is 3.51. The molecule has 0 bridgehead atoms. The van der Waals surface area contributed by atoms with Gasteiger partial charge in [0.2, 0.25) is 0 Å². The zero-order chi connectivity index (χ0) is 19.7. The molecule has 0 atom stereocenters. The first-order valence-electron chi connectivity index (χ1n) is 9.67. The number of hydrogen-bond acceptors (Lipinski definition) is 5. The zero-order valence-corrected chi connectivity index (χ0v) is 15.9. The largest absolute Gasteiger partial charge is 0.377 e. The van der Waals surface area contributed by atoms with Gasteiger partial charge < -0.3 is 15.1 Å². The van der Waals surface area contributed by atoms with E-state index in [0.29, 0.717) is 37.9 Å². The van der Waals surface area contributed by atoms with Crippen molar-refractivity contribution in [1.29, 1.82) is 0 Å². The molecule has 1 aliphatic heterocycles. The topological polar surface area (TPSA) is 78.7 Å². The minimum atomic E-state index is -0.340. The molecule has 1 saturated carbocycles. The number of rotatable bonds is 5. The van der Waals surface area contributed by atoms with Gasteiger partial charge in [-0.15, -0.1) is 0 Å². The number of piperazine rings is 1. The Balaban J connectivity index is 1.44.